The first-order valence-electron chi connectivity index (χ1n) is 10.1. The summed E-state index contributed by atoms with van der Waals surface area (Å²) in [6, 6.07) is 13.1. The van der Waals surface area contributed by atoms with Crippen molar-refractivity contribution in [2.45, 2.75) is 20.8 Å². The monoisotopic (exact) mass is 414 g/mol. The lowest BCUT2D eigenvalue weighted by atomic mass is 9.99. The van der Waals surface area contributed by atoms with Crippen LogP contribution in [0.3, 0.4) is 0 Å². The number of rotatable bonds is 5. The van der Waals surface area contributed by atoms with Crippen molar-refractivity contribution in [3.05, 3.63) is 82.9 Å². The fourth-order valence-electron chi connectivity index (χ4n) is 3.10. The normalized spacial score (nSPS) is 10.2. The zero-order valence-electron chi connectivity index (χ0n) is 18.2. The second-order valence-electron chi connectivity index (χ2n) is 6.61. The summed E-state index contributed by atoms with van der Waals surface area (Å²) in [7, 11) is 1.74. The van der Waals surface area contributed by atoms with E-state index < -0.39 is 0 Å². The molecule has 0 fully saturated rings. The van der Waals surface area contributed by atoms with Crippen molar-refractivity contribution in [3.63, 3.8) is 0 Å². The number of nitrogens with zero attached hydrogens (tertiary/aromatic N) is 3. The summed E-state index contributed by atoms with van der Waals surface area (Å²) < 4.78 is 0. The highest BCUT2D eigenvalue weighted by molar-refractivity contribution is 5.92. The molecular weight excluding hydrogens is 388 g/mol. The van der Waals surface area contributed by atoms with Gasteiger partial charge in [0.05, 0.1) is 17.6 Å². The molecule has 4 aromatic rings. The fourth-order valence-corrected chi connectivity index (χ4v) is 3.10. The Balaban J connectivity index is 0.00000132. The van der Waals surface area contributed by atoms with Gasteiger partial charge in [0, 0.05) is 36.0 Å². The second-order valence-corrected chi connectivity index (χ2v) is 6.61. The number of anilines is 2. The standard InChI is InChI=1S/C22H20N6O.C2H6/c1-13-6-7-15(14(2)25-16-5-4-10-24-12-16)11-18(13)20-17-8-9-19(29)26-21(17)28-22(23-3)27-20;1-2/h4-12,25H,2H2,1,3H3,(H2,23,26,27,28,29);1-2H3. The lowest BCUT2D eigenvalue weighted by Crippen LogP contribution is -2.07. The Labute approximate surface area is 181 Å². The van der Waals surface area contributed by atoms with Gasteiger partial charge in [0.2, 0.25) is 11.5 Å². The minimum atomic E-state index is -0.205. The first-order chi connectivity index (χ1) is 15.0. The van der Waals surface area contributed by atoms with Crippen LogP contribution in [-0.4, -0.2) is 27.0 Å². The third kappa shape index (κ3) is 4.78. The Morgan fingerprint density at radius 3 is 2.61 bits per heavy atom. The Kier molecular flexibility index (Phi) is 6.77. The van der Waals surface area contributed by atoms with E-state index in [2.05, 4.69) is 37.1 Å². The number of pyridine rings is 2. The molecule has 7 heteroatoms. The highest BCUT2D eigenvalue weighted by atomic mass is 16.1. The van der Waals surface area contributed by atoms with Gasteiger partial charge >= 0.3 is 0 Å². The van der Waals surface area contributed by atoms with Gasteiger partial charge in [-0.3, -0.25) is 9.78 Å². The van der Waals surface area contributed by atoms with Gasteiger partial charge in [0.1, 0.15) is 5.65 Å². The van der Waals surface area contributed by atoms with E-state index in [0.29, 0.717) is 11.6 Å². The molecular formula is C24H26N6O. The quantitative estimate of drug-likeness (QED) is 0.432. The molecule has 4 rings (SSSR count). The van der Waals surface area contributed by atoms with Crippen LogP contribution in [0.2, 0.25) is 0 Å². The molecule has 3 N–H and O–H groups in total. The first-order valence-corrected chi connectivity index (χ1v) is 10.1. The predicted molar refractivity (Wildman–Crippen MR) is 128 cm³/mol. The summed E-state index contributed by atoms with van der Waals surface area (Å²) in [5.74, 6) is 0.437. The van der Waals surface area contributed by atoms with Crippen molar-refractivity contribution in [1.82, 2.24) is 19.9 Å². The fraction of sp³-hybridized carbons (Fsp3) is 0.167. The van der Waals surface area contributed by atoms with Crippen LogP contribution in [0.1, 0.15) is 25.0 Å². The number of aromatic nitrogens is 4. The van der Waals surface area contributed by atoms with Gasteiger partial charge in [0.25, 0.3) is 0 Å². The number of hydrogen-bond donors (Lipinski definition) is 3. The minimum absolute atomic E-state index is 0.205. The van der Waals surface area contributed by atoms with Crippen molar-refractivity contribution in [2.24, 2.45) is 0 Å². The van der Waals surface area contributed by atoms with Gasteiger partial charge in [-0.2, -0.15) is 4.98 Å². The van der Waals surface area contributed by atoms with Crippen molar-refractivity contribution in [3.8, 4) is 11.3 Å². The highest BCUT2D eigenvalue weighted by Crippen LogP contribution is 2.31. The maximum atomic E-state index is 11.8. The molecule has 0 spiro atoms. The predicted octanol–water partition coefficient (Wildman–Crippen LogP) is 4.84. The van der Waals surface area contributed by atoms with E-state index in [-0.39, 0.29) is 5.56 Å². The molecule has 3 heterocycles. The van der Waals surface area contributed by atoms with E-state index in [1.54, 1.807) is 25.5 Å². The average Bonchev–Trinajstić information content (AvgIpc) is 2.80. The summed E-state index contributed by atoms with van der Waals surface area (Å²) >= 11 is 0. The molecule has 158 valence electrons. The van der Waals surface area contributed by atoms with Gasteiger partial charge in [-0.1, -0.05) is 32.6 Å². The minimum Gasteiger partial charge on any atom is -0.357 e. The van der Waals surface area contributed by atoms with Crippen LogP contribution in [0.5, 0.6) is 0 Å². The summed E-state index contributed by atoms with van der Waals surface area (Å²) in [5, 5.41) is 7.00. The molecule has 0 atom stereocenters. The Morgan fingerprint density at radius 2 is 1.90 bits per heavy atom. The molecule has 0 aliphatic rings. The zero-order chi connectivity index (χ0) is 22.4. The molecule has 0 amide bonds. The van der Waals surface area contributed by atoms with Crippen molar-refractivity contribution in [1.29, 1.82) is 0 Å². The van der Waals surface area contributed by atoms with Crippen molar-refractivity contribution >= 4 is 28.4 Å². The van der Waals surface area contributed by atoms with Gasteiger partial charge in [-0.05, 0) is 42.3 Å². The molecule has 0 unspecified atom stereocenters. The maximum absolute atomic E-state index is 11.8. The smallest absolute Gasteiger partial charge is 0.249 e. The Bertz CT molecular complexity index is 1260. The van der Waals surface area contributed by atoms with Crippen LogP contribution in [0.15, 0.2) is 66.2 Å². The van der Waals surface area contributed by atoms with Crippen LogP contribution in [-0.2, 0) is 0 Å². The highest BCUT2D eigenvalue weighted by Gasteiger charge is 2.14. The van der Waals surface area contributed by atoms with E-state index in [1.807, 2.05) is 51.1 Å². The SMILES string of the molecule is C=C(Nc1cccnc1)c1ccc(C)c(-c2nc(NC)nc3[nH]c(=O)ccc23)c1.CC. The number of benzene rings is 1. The first kappa shape index (κ1) is 21.7. The number of nitrogens with one attached hydrogen (secondary N) is 3. The number of aryl methyl sites for hydroxylation is 1. The Hall–Kier alpha value is -4.00. The summed E-state index contributed by atoms with van der Waals surface area (Å²) in [4.78, 5) is 27.7. The molecule has 1 aromatic carbocycles. The van der Waals surface area contributed by atoms with E-state index in [9.17, 15) is 4.79 Å². The molecule has 0 aliphatic heterocycles. The third-order valence-electron chi connectivity index (χ3n) is 4.61. The van der Waals surface area contributed by atoms with E-state index >= 15 is 0 Å². The molecule has 0 saturated heterocycles. The molecule has 7 nitrogen and oxygen atoms in total. The van der Waals surface area contributed by atoms with Gasteiger partial charge < -0.3 is 15.6 Å². The van der Waals surface area contributed by atoms with Crippen LogP contribution >= 0.6 is 0 Å². The van der Waals surface area contributed by atoms with Crippen molar-refractivity contribution < 1.29 is 0 Å². The maximum Gasteiger partial charge on any atom is 0.249 e. The molecule has 0 bridgehead atoms. The molecule has 31 heavy (non-hydrogen) atoms. The Morgan fingerprint density at radius 1 is 1.10 bits per heavy atom. The molecule has 3 aromatic heterocycles. The molecule has 0 saturated carbocycles. The second kappa shape index (κ2) is 9.67. The lowest BCUT2D eigenvalue weighted by Gasteiger charge is -2.14. The van der Waals surface area contributed by atoms with Gasteiger partial charge in [-0.25, -0.2) is 4.98 Å². The van der Waals surface area contributed by atoms with Crippen molar-refractivity contribution in [2.75, 3.05) is 17.7 Å². The topological polar surface area (TPSA) is 95.6 Å². The number of H-pyrrole nitrogens is 1. The van der Waals surface area contributed by atoms with Gasteiger partial charge in [-0.15, -0.1) is 0 Å². The zero-order valence-corrected chi connectivity index (χ0v) is 18.2. The summed E-state index contributed by atoms with van der Waals surface area (Å²) in [6.45, 7) is 10.2. The number of hydrogen-bond acceptors (Lipinski definition) is 6. The average molecular weight is 415 g/mol. The van der Waals surface area contributed by atoms with E-state index in [1.165, 1.54) is 6.07 Å². The van der Waals surface area contributed by atoms with Crippen LogP contribution in [0.4, 0.5) is 11.6 Å². The van der Waals surface area contributed by atoms with Crippen LogP contribution in [0, 0.1) is 6.92 Å². The lowest BCUT2D eigenvalue weighted by molar-refractivity contribution is 1.15. The summed E-state index contributed by atoms with van der Waals surface area (Å²) in [5.41, 5.74) is 5.55. The summed E-state index contributed by atoms with van der Waals surface area (Å²) in [6.07, 6.45) is 3.47. The third-order valence-corrected chi connectivity index (χ3v) is 4.61. The molecule has 0 radical (unpaired) electrons. The number of aromatic amines is 1. The molecule has 0 aliphatic carbocycles. The van der Waals surface area contributed by atoms with E-state index in [0.717, 1.165) is 39.2 Å². The number of fused-ring (bicyclic) bond motifs is 1. The van der Waals surface area contributed by atoms with Crippen LogP contribution in [0.25, 0.3) is 28.0 Å². The van der Waals surface area contributed by atoms with Crippen LogP contribution < -0.4 is 16.2 Å². The van der Waals surface area contributed by atoms with E-state index in [4.69, 9.17) is 0 Å². The van der Waals surface area contributed by atoms with Gasteiger partial charge in [0.15, 0.2) is 0 Å². The largest absolute Gasteiger partial charge is 0.357 e.